The lowest BCUT2D eigenvalue weighted by molar-refractivity contribution is 0.426. The van der Waals surface area contributed by atoms with Crippen LogP contribution in [0.4, 0.5) is 11.6 Å². The maximum Gasteiger partial charge on any atom is 0.490 e. The summed E-state index contributed by atoms with van der Waals surface area (Å²) in [7, 11) is 0.496. The predicted octanol–water partition coefficient (Wildman–Crippen LogP) is 2.22. The van der Waals surface area contributed by atoms with Crippen molar-refractivity contribution in [1.82, 2.24) is 15.0 Å². The van der Waals surface area contributed by atoms with Crippen molar-refractivity contribution in [2.24, 2.45) is 0 Å². The zero-order valence-electron chi connectivity index (χ0n) is 17.6. The second-order valence-corrected chi connectivity index (χ2v) is 7.98. The van der Waals surface area contributed by atoms with Gasteiger partial charge in [0.25, 0.3) is 0 Å². The SMILES string of the molecule is Cc1[nH]c2c(B(O)O)cccc2c1-c1nc(NCc2ccccc2)c2c(n1)N(C)CC2. The van der Waals surface area contributed by atoms with E-state index in [9.17, 15) is 10.0 Å². The van der Waals surface area contributed by atoms with E-state index in [1.54, 1.807) is 6.07 Å². The number of H-pyrrole nitrogens is 1. The van der Waals surface area contributed by atoms with Crippen LogP contribution in [0, 0.1) is 6.92 Å². The van der Waals surface area contributed by atoms with E-state index in [-0.39, 0.29) is 0 Å². The molecule has 7 nitrogen and oxygen atoms in total. The van der Waals surface area contributed by atoms with Crippen molar-refractivity contribution in [3.8, 4) is 11.4 Å². The number of hydrogen-bond acceptors (Lipinski definition) is 6. The Labute approximate surface area is 180 Å². The van der Waals surface area contributed by atoms with Crippen LogP contribution in [0.2, 0.25) is 0 Å². The van der Waals surface area contributed by atoms with Gasteiger partial charge in [0.2, 0.25) is 0 Å². The highest BCUT2D eigenvalue weighted by Gasteiger charge is 2.26. The van der Waals surface area contributed by atoms with Crippen LogP contribution >= 0.6 is 0 Å². The maximum absolute atomic E-state index is 9.76. The van der Waals surface area contributed by atoms with E-state index in [4.69, 9.17) is 9.97 Å². The number of aromatic nitrogens is 3. The van der Waals surface area contributed by atoms with Crippen molar-refractivity contribution in [2.45, 2.75) is 19.9 Å². The Kier molecular flexibility index (Phi) is 4.88. The second kappa shape index (κ2) is 7.72. The van der Waals surface area contributed by atoms with E-state index in [0.29, 0.717) is 23.3 Å². The van der Waals surface area contributed by atoms with Crippen LogP contribution in [-0.4, -0.2) is 45.7 Å². The average molecular weight is 413 g/mol. The number of hydrogen-bond donors (Lipinski definition) is 4. The molecule has 0 radical (unpaired) electrons. The van der Waals surface area contributed by atoms with Crippen LogP contribution in [0.5, 0.6) is 0 Å². The highest BCUT2D eigenvalue weighted by Crippen LogP contribution is 2.36. The number of aromatic amines is 1. The first-order valence-electron chi connectivity index (χ1n) is 10.4. The number of likely N-dealkylation sites (N-methyl/N-ethyl adjacent to an activating group) is 1. The first-order valence-corrected chi connectivity index (χ1v) is 10.4. The Morgan fingerprint density at radius 2 is 1.90 bits per heavy atom. The monoisotopic (exact) mass is 413 g/mol. The predicted molar refractivity (Wildman–Crippen MR) is 125 cm³/mol. The molecule has 0 unspecified atom stereocenters. The van der Waals surface area contributed by atoms with E-state index in [0.717, 1.165) is 46.8 Å². The third-order valence-corrected chi connectivity index (χ3v) is 5.90. The molecule has 0 aliphatic carbocycles. The van der Waals surface area contributed by atoms with Crippen molar-refractivity contribution in [2.75, 3.05) is 23.8 Å². The van der Waals surface area contributed by atoms with Crippen LogP contribution in [-0.2, 0) is 13.0 Å². The number of nitrogens with one attached hydrogen (secondary N) is 2. The summed E-state index contributed by atoms with van der Waals surface area (Å²) in [6, 6.07) is 15.7. The van der Waals surface area contributed by atoms with Crippen LogP contribution in [0.1, 0.15) is 16.8 Å². The molecular weight excluding hydrogens is 389 g/mol. The molecule has 31 heavy (non-hydrogen) atoms. The third kappa shape index (κ3) is 3.43. The number of anilines is 2. The molecule has 0 fully saturated rings. The summed E-state index contributed by atoms with van der Waals surface area (Å²) in [6.45, 7) is 3.54. The van der Waals surface area contributed by atoms with Gasteiger partial charge in [0.15, 0.2) is 5.82 Å². The molecule has 4 aromatic rings. The molecule has 3 heterocycles. The summed E-state index contributed by atoms with van der Waals surface area (Å²) in [4.78, 5) is 15.3. The molecular formula is C23H24BN5O2. The molecule has 8 heteroatoms. The van der Waals surface area contributed by atoms with Crippen molar-refractivity contribution in [3.05, 3.63) is 65.4 Å². The molecule has 1 aliphatic rings. The molecule has 1 aliphatic heterocycles. The van der Waals surface area contributed by atoms with Crippen molar-refractivity contribution in [1.29, 1.82) is 0 Å². The molecule has 0 bridgehead atoms. The number of benzene rings is 2. The van der Waals surface area contributed by atoms with E-state index in [1.165, 1.54) is 5.56 Å². The Hall–Kier alpha value is -3.36. The highest BCUT2D eigenvalue weighted by atomic mass is 16.4. The Balaban J connectivity index is 1.63. The van der Waals surface area contributed by atoms with Gasteiger partial charge in [-0.15, -0.1) is 0 Å². The molecule has 0 saturated carbocycles. The summed E-state index contributed by atoms with van der Waals surface area (Å²) < 4.78 is 0. The van der Waals surface area contributed by atoms with E-state index in [2.05, 4.69) is 27.3 Å². The smallest absolute Gasteiger partial charge is 0.423 e. The van der Waals surface area contributed by atoms with Crippen LogP contribution < -0.4 is 15.7 Å². The van der Waals surface area contributed by atoms with Gasteiger partial charge in [-0.05, 0) is 18.9 Å². The summed E-state index contributed by atoms with van der Waals surface area (Å²) in [5, 5.41) is 23.9. The summed E-state index contributed by atoms with van der Waals surface area (Å²) in [5.74, 6) is 2.41. The van der Waals surface area contributed by atoms with Crippen LogP contribution in [0.3, 0.4) is 0 Å². The highest BCUT2D eigenvalue weighted by molar-refractivity contribution is 6.61. The zero-order valence-corrected chi connectivity index (χ0v) is 17.6. The van der Waals surface area contributed by atoms with Gasteiger partial charge < -0.3 is 25.2 Å². The molecule has 5 rings (SSSR count). The fraction of sp³-hybridized carbons (Fsp3) is 0.217. The minimum Gasteiger partial charge on any atom is -0.423 e. The molecule has 0 amide bonds. The zero-order chi connectivity index (χ0) is 21.5. The number of aryl methyl sites for hydroxylation is 1. The van der Waals surface area contributed by atoms with Crippen LogP contribution in [0.25, 0.3) is 22.3 Å². The quantitative estimate of drug-likeness (QED) is 0.375. The molecule has 0 saturated heterocycles. The first-order chi connectivity index (χ1) is 15.0. The lowest BCUT2D eigenvalue weighted by atomic mass is 9.79. The molecule has 0 atom stereocenters. The Morgan fingerprint density at radius 3 is 2.68 bits per heavy atom. The van der Waals surface area contributed by atoms with E-state index < -0.39 is 7.12 Å². The topological polar surface area (TPSA) is 97.3 Å². The average Bonchev–Trinajstić information content (AvgIpc) is 3.31. The lowest BCUT2D eigenvalue weighted by Gasteiger charge is -2.15. The summed E-state index contributed by atoms with van der Waals surface area (Å²) in [5.41, 5.74) is 5.22. The van der Waals surface area contributed by atoms with Gasteiger partial charge in [0.05, 0.1) is 0 Å². The van der Waals surface area contributed by atoms with Gasteiger partial charge in [0, 0.05) is 53.3 Å². The van der Waals surface area contributed by atoms with Gasteiger partial charge in [-0.25, -0.2) is 9.97 Å². The minimum atomic E-state index is -1.55. The number of para-hydroxylation sites is 1. The number of fused-ring (bicyclic) bond motifs is 2. The first kappa shape index (κ1) is 19.6. The van der Waals surface area contributed by atoms with Gasteiger partial charge in [-0.2, -0.15) is 0 Å². The molecule has 2 aromatic carbocycles. The van der Waals surface area contributed by atoms with Crippen molar-refractivity contribution in [3.63, 3.8) is 0 Å². The number of rotatable bonds is 5. The van der Waals surface area contributed by atoms with Crippen molar-refractivity contribution < 1.29 is 10.0 Å². The number of nitrogens with zero attached hydrogens (tertiary/aromatic N) is 3. The Morgan fingerprint density at radius 1 is 1.10 bits per heavy atom. The fourth-order valence-electron chi connectivity index (χ4n) is 4.32. The van der Waals surface area contributed by atoms with Gasteiger partial charge in [-0.1, -0.05) is 48.5 Å². The van der Waals surface area contributed by atoms with Crippen LogP contribution in [0.15, 0.2) is 48.5 Å². The van der Waals surface area contributed by atoms with Gasteiger partial charge in [-0.3, -0.25) is 0 Å². The summed E-state index contributed by atoms with van der Waals surface area (Å²) >= 11 is 0. The van der Waals surface area contributed by atoms with E-state index >= 15 is 0 Å². The third-order valence-electron chi connectivity index (χ3n) is 5.90. The van der Waals surface area contributed by atoms with E-state index in [1.807, 2.05) is 44.3 Å². The molecule has 2 aromatic heterocycles. The standard InChI is InChI=1S/C23H24BN5O2/c1-14-19(16-9-6-10-18(24(30)31)20(16)26-14)22-27-21(17-11-12-29(2)23(17)28-22)25-13-15-7-4-3-5-8-15/h3-10,26,30-31H,11-13H2,1-2H3,(H,25,27,28). The normalized spacial score (nSPS) is 13.0. The molecule has 156 valence electrons. The maximum atomic E-state index is 9.76. The fourth-order valence-corrected chi connectivity index (χ4v) is 4.32. The summed E-state index contributed by atoms with van der Waals surface area (Å²) in [6.07, 6.45) is 0.900. The van der Waals surface area contributed by atoms with Gasteiger partial charge >= 0.3 is 7.12 Å². The van der Waals surface area contributed by atoms with Crippen molar-refractivity contribution >= 4 is 35.1 Å². The Bertz CT molecular complexity index is 1260. The lowest BCUT2D eigenvalue weighted by Crippen LogP contribution is -2.30. The molecule has 0 spiro atoms. The largest absolute Gasteiger partial charge is 0.490 e. The second-order valence-electron chi connectivity index (χ2n) is 7.98. The van der Waals surface area contributed by atoms with Gasteiger partial charge in [0.1, 0.15) is 11.6 Å². The minimum absolute atomic E-state index is 0.438. The molecule has 4 N–H and O–H groups in total.